The predicted molar refractivity (Wildman–Crippen MR) is 95.3 cm³/mol. The Morgan fingerprint density at radius 2 is 1.92 bits per heavy atom. The molecule has 24 heavy (non-hydrogen) atoms. The van der Waals surface area contributed by atoms with E-state index in [1.54, 1.807) is 16.9 Å². The Hall–Kier alpha value is -2.92. The molecule has 0 saturated carbocycles. The molecule has 3 N–H and O–H groups in total. The number of carbonyl (C=O) groups excluding carboxylic acids is 1. The molecule has 3 aromatic rings. The maximum atomic E-state index is 12.4. The fraction of sp³-hybridized carbons (Fsp3) is 0.158. The van der Waals surface area contributed by atoms with Gasteiger partial charge in [-0.25, -0.2) is 4.68 Å². The smallest absolute Gasteiger partial charge is 0.276 e. The number of hydrogen-bond donors (Lipinski definition) is 2. The molecular formula is C19H20N4O. The first-order valence-corrected chi connectivity index (χ1v) is 7.82. The molecule has 0 spiro atoms. The summed E-state index contributed by atoms with van der Waals surface area (Å²) in [5, 5.41) is 7.20. The minimum absolute atomic E-state index is 0.0809. The van der Waals surface area contributed by atoms with Crippen LogP contribution in [0.25, 0.3) is 5.69 Å². The number of hydrogen-bond acceptors (Lipinski definition) is 3. The van der Waals surface area contributed by atoms with E-state index in [2.05, 4.69) is 10.4 Å². The van der Waals surface area contributed by atoms with Crippen molar-refractivity contribution >= 4 is 11.6 Å². The first-order chi connectivity index (χ1) is 11.5. The van der Waals surface area contributed by atoms with Crippen LogP contribution in [0.4, 0.5) is 5.69 Å². The Balaban J connectivity index is 1.76. The van der Waals surface area contributed by atoms with E-state index < -0.39 is 0 Å². The molecule has 0 saturated heterocycles. The molecule has 0 unspecified atom stereocenters. The van der Waals surface area contributed by atoms with Gasteiger partial charge in [0.25, 0.3) is 5.91 Å². The third-order valence-electron chi connectivity index (χ3n) is 3.79. The standard InChI is InChI=1S/C19H20N4O/c1-13-6-8-17(9-7-13)23-11-10-18(22-23)19(24)21-16-5-3-4-15(12-16)14(2)20/h3-12,14H,20H2,1-2H3,(H,21,24)/t14-/m1/s1. The fourth-order valence-corrected chi connectivity index (χ4v) is 2.38. The first-order valence-electron chi connectivity index (χ1n) is 7.82. The Kier molecular flexibility index (Phi) is 4.44. The third kappa shape index (κ3) is 3.52. The maximum absolute atomic E-state index is 12.4. The number of amides is 1. The first kappa shape index (κ1) is 16.0. The van der Waals surface area contributed by atoms with E-state index in [1.807, 2.05) is 62.4 Å². The molecule has 0 aliphatic carbocycles. The van der Waals surface area contributed by atoms with Crippen molar-refractivity contribution in [2.24, 2.45) is 5.73 Å². The average molecular weight is 320 g/mol. The van der Waals surface area contributed by atoms with Gasteiger partial charge in [-0.05, 0) is 49.7 Å². The van der Waals surface area contributed by atoms with E-state index in [1.165, 1.54) is 5.56 Å². The van der Waals surface area contributed by atoms with Crippen LogP contribution in [0.1, 0.15) is 34.6 Å². The number of nitrogens with two attached hydrogens (primary N) is 1. The van der Waals surface area contributed by atoms with Crippen LogP contribution in [0.15, 0.2) is 60.8 Å². The minimum atomic E-state index is -0.248. The van der Waals surface area contributed by atoms with Crippen LogP contribution in [0.5, 0.6) is 0 Å². The number of aryl methyl sites for hydroxylation is 1. The fourth-order valence-electron chi connectivity index (χ4n) is 2.38. The van der Waals surface area contributed by atoms with Gasteiger partial charge in [-0.1, -0.05) is 29.8 Å². The molecular weight excluding hydrogens is 300 g/mol. The SMILES string of the molecule is Cc1ccc(-n2ccc(C(=O)Nc3cccc([C@@H](C)N)c3)n2)cc1. The van der Waals surface area contributed by atoms with Crippen molar-refractivity contribution in [1.29, 1.82) is 0 Å². The molecule has 5 nitrogen and oxygen atoms in total. The summed E-state index contributed by atoms with van der Waals surface area (Å²) in [5.41, 5.74) is 10.0. The summed E-state index contributed by atoms with van der Waals surface area (Å²) < 4.78 is 1.69. The van der Waals surface area contributed by atoms with Crippen molar-refractivity contribution in [3.8, 4) is 5.69 Å². The molecule has 0 aliphatic rings. The molecule has 1 atom stereocenters. The summed E-state index contributed by atoms with van der Waals surface area (Å²) in [6.07, 6.45) is 1.78. The molecule has 0 bridgehead atoms. The van der Waals surface area contributed by atoms with Crippen molar-refractivity contribution < 1.29 is 4.79 Å². The molecule has 2 aromatic carbocycles. The van der Waals surface area contributed by atoms with Crippen LogP contribution in [0.3, 0.4) is 0 Å². The summed E-state index contributed by atoms with van der Waals surface area (Å²) in [4.78, 5) is 12.4. The van der Waals surface area contributed by atoms with Gasteiger partial charge >= 0.3 is 0 Å². The van der Waals surface area contributed by atoms with E-state index >= 15 is 0 Å². The molecule has 122 valence electrons. The Morgan fingerprint density at radius 1 is 1.17 bits per heavy atom. The molecule has 1 aromatic heterocycles. The summed E-state index contributed by atoms with van der Waals surface area (Å²) in [5.74, 6) is -0.248. The molecule has 3 rings (SSSR count). The lowest BCUT2D eigenvalue weighted by Crippen LogP contribution is -2.14. The highest BCUT2D eigenvalue weighted by Gasteiger charge is 2.11. The number of rotatable bonds is 4. The molecule has 0 fully saturated rings. The lowest BCUT2D eigenvalue weighted by atomic mass is 10.1. The summed E-state index contributed by atoms with van der Waals surface area (Å²) in [6, 6.07) is 17.1. The van der Waals surface area contributed by atoms with Crippen LogP contribution in [0.2, 0.25) is 0 Å². The van der Waals surface area contributed by atoms with Crippen molar-refractivity contribution in [3.05, 3.63) is 77.6 Å². The van der Waals surface area contributed by atoms with Crippen molar-refractivity contribution in [2.75, 3.05) is 5.32 Å². The topological polar surface area (TPSA) is 72.9 Å². The Bertz CT molecular complexity index is 850. The lowest BCUT2D eigenvalue weighted by molar-refractivity contribution is 0.102. The molecule has 1 amide bonds. The Labute approximate surface area is 141 Å². The van der Waals surface area contributed by atoms with Gasteiger partial charge in [-0.15, -0.1) is 0 Å². The predicted octanol–water partition coefficient (Wildman–Crippen LogP) is 3.45. The van der Waals surface area contributed by atoms with Gasteiger partial charge in [-0.3, -0.25) is 4.79 Å². The van der Waals surface area contributed by atoms with Gasteiger partial charge in [-0.2, -0.15) is 5.10 Å². The second-order valence-corrected chi connectivity index (χ2v) is 5.85. The maximum Gasteiger partial charge on any atom is 0.276 e. The van der Waals surface area contributed by atoms with Gasteiger partial charge in [0.15, 0.2) is 5.69 Å². The van der Waals surface area contributed by atoms with Crippen LogP contribution >= 0.6 is 0 Å². The summed E-state index contributed by atoms with van der Waals surface area (Å²) in [6.45, 7) is 3.94. The highest BCUT2D eigenvalue weighted by molar-refractivity contribution is 6.02. The largest absolute Gasteiger partial charge is 0.324 e. The molecule has 5 heteroatoms. The lowest BCUT2D eigenvalue weighted by Gasteiger charge is -2.08. The van der Waals surface area contributed by atoms with Gasteiger partial charge < -0.3 is 11.1 Å². The zero-order valence-electron chi connectivity index (χ0n) is 13.7. The van der Waals surface area contributed by atoms with Crippen LogP contribution in [-0.2, 0) is 0 Å². The van der Waals surface area contributed by atoms with Gasteiger partial charge in [0.2, 0.25) is 0 Å². The van der Waals surface area contributed by atoms with Gasteiger partial charge in [0, 0.05) is 17.9 Å². The second-order valence-electron chi connectivity index (χ2n) is 5.85. The molecule has 0 radical (unpaired) electrons. The molecule has 0 aliphatic heterocycles. The number of anilines is 1. The third-order valence-corrected chi connectivity index (χ3v) is 3.79. The monoisotopic (exact) mass is 320 g/mol. The normalized spacial score (nSPS) is 12.0. The second kappa shape index (κ2) is 6.68. The van der Waals surface area contributed by atoms with E-state index in [0.29, 0.717) is 11.4 Å². The van der Waals surface area contributed by atoms with E-state index in [-0.39, 0.29) is 11.9 Å². The van der Waals surface area contributed by atoms with Crippen molar-refractivity contribution in [3.63, 3.8) is 0 Å². The Morgan fingerprint density at radius 3 is 2.62 bits per heavy atom. The van der Waals surface area contributed by atoms with Crippen LogP contribution < -0.4 is 11.1 Å². The number of nitrogens with one attached hydrogen (secondary N) is 1. The zero-order chi connectivity index (χ0) is 17.1. The van der Waals surface area contributed by atoms with E-state index in [9.17, 15) is 4.79 Å². The van der Waals surface area contributed by atoms with Crippen LogP contribution in [0, 0.1) is 6.92 Å². The average Bonchev–Trinajstić information content (AvgIpc) is 3.06. The number of nitrogens with zero attached hydrogens (tertiary/aromatic N) is 2. The highest BCUT2D eigenvalue weighted by Crippen LogP contribution is 2.16. The zero-order valence-corrected chi connectivity index (χ0v) is 13.7. The van der Waals surface area contributed by atoms with Gasteiger partial charge in [0.05, 0.1) is 5.69 Å². The van der Waals surface area contributed by atoms with E-state index in [4.69, 9.17) is 5.73 Å². The van der Waals surface area contributed by atoms with Crippen molar-refractivity contribution in [2.45, 2.75) is 19.9 Å². The highest BCUT2D eigenvalue weighted by atomic mass is 16.1. The number of benzene rings is 2. The number of carbonyl (C=O) groups is 1. The van der Waals surface area contributed by atoms with Gasteiger partial charge in [0.1, 0.15) is 0 Å². The number of aromatic nitrogens is 2. The van der Waals surface area contributed by atoms with Crippen LogP contribution in [-0.4, -0.2) is 15.7 Å². The van der Waals surface area contributed by atoms with Crippen molar-refractivity contribution in [1.82, 2.24) is 9.78 Å². The quantitative estimate of drug-likeness (QED) is 0.773. The van der Waals surface area contributed by atoms with E-state index in [0.717, 1.165) is 11.3 Å². The molecule has 1 heterocycles. The summed E-state index contributed by atoms with van der Waals surface area (Å²) in [7, 11) is 0. The summed E-state index contributed by atoms with van der Waals surface area (Å²) >= 11 is 0. The minimum Gasteiger partial charge on any atom is -0.324 e.